The third kappa shape index (κ3) is 4.12. The van der Waals surface area contributed by atoms with Gasteiger partial charge in [0.15, 0.2) is 5.69 Å². The average molecular weight is 415 g/mol. The molecule has 0 spiro atoms. The first-order valence-electron chi connectivity index (χ1n) is 8.87. The topological polar surface area (TPSA) is 84.8 Å². The summed E-state index contributed by atoms with van der Waals surface area (Å²) in [5.41, 5.74) is 1.41. The number of fused-ring (bicyclic) bond motifs is 1. The number of nitrogens with one attached hydrogen (secondary N) is 2. The number of halogens is 3. The minimum atomic E-state index is -4.37. The van der Waals surface area contributed by atoms with Gasteiger partial charge < -0.3 is 15.0 Å². The van der Waals surface area contributed by atoms with Crippen molar-refractivity contribution in [3.8, 4) is 5.75 Å². The average Bonchev–Trinajstić information content (AvgIpc) is 3.32. The second kappa shape index (κ2) is 7.54. The van der Waals surface area contributed by atoms with Crippen LogP contribution in [0.15, 0.2) is 54.9 Å². The lowest BCUT2D eigenvalue weighted by Gasteiger charge is -2.09. The number of aromatic nitrogens is 4. The van der Waals surface area contributed by atoms with E-state index in [1.54, 1.807) is 31.4 Å². The van der Waals surface area contributed by atoms with Crippen LogP contribution in [-0.4, -0.2) is 25.9 Å². The Morgan fingerprint density at radius 1 is 1.20 bits per heavy atom. The van der Waals surface area contributed by atoms with Crippen molar-refractivity contribution in [1.29, 1.82) is 0 Å². The van der Waals surface area contributed by atoms with Crippen molar-refractivity contribution >= 4 is 22.5 Å². The molecule has 10 heteroatoms. The maximum Gasteiger partial charge on any atom is 0.416 e. The summed E-state index contributed by atoms with van der Waals surface area (Å²) in [4.78, 5) is 15.4. The molecule has 30 heavy (non-hydrogen) atoms. The molecular weight excluding hydrogens is 399 g/mol. The number of alkyl halides is 3. The number of hydrogen-bond acceptors (Lipinski definition) is 4. The van der Waals surface area contributed by atoms with Crippen LogP contribution in [0.3, 0.4) is 0 Å². The van der Waals surface area contributed by atoms with Crippen molar-refractivity contribution in [2.75, 3.05) is 5.32 Å². The molecule has 4 rings (SSSR count). The van der Waals surface area contributed by atoms with E-state index in [4.69, 9.17) is 4.74 Å². The van der Waals surface area contributed by atoms with E-state index in [0.717, 1.165) is 23.0 Å². The van der Waals surface area contributed by atoms with Crippen LogP contribution in [0.2, 0.25) is 0 Å². The highest BCUT2D eigenvalue weighted by molar-refractivity contribution is 6.08. The Morgan fingerprint density at radius 3 is 2.63 bits per heavy atom. The van der Waals surface area contributed by atoms with Crippen molar-refractivity contribution in [2.45, 2.75) is 12.8 Å². The molecule has 0 fully saturated rings. The van der Waals surface area contributed by atoms with Crippen LogP contribution < -0.4 is 10.1 Å². The molecule has 0 saturated heterocycles. The number of H-pyrrole nitrogens is 1. The van der Waals surface area contributed by atoms with Crippen LogP contribution in [0, 0.1) is 0 Å². The van der Waals surface area contributed by atoms with Gasteiger partial charge in [0, 0.05) is 24.1 Å². The first kappa shape index (κ1) is 19.5. The number of aryl methyl sites for hydroxylation is 1. The van der Waals surface area contributed by atoms with Crippen LogP contribution in [0.1, 0.15) is 21.6 Å². The first-order chi connectivity index (χ1) is 14.3. The highest BCUT2D eigenvalue weighted by Crippen LogP contribution is 2.30. The standard InChI is InChI=1S/C20H16F3N5O2/c1-28-10-18(26-27-28)19(29)25-17-9-24-16-7-6-14(8-15(16)17)30-11-12-2-4-13(5-3-12)20(21,22)23/h2-10,24H,11H2,1H3,(H,25,29). The van der Waals surface area contributed by atoms with Gasteiger partial charge in [0.2, 0.25) is 0 Å². The van der Waals surface area contributed by atoms with Gasteiger partial charge in [0.05, 0.1) is 17.4 Å². The van der Waals surface area contributed by atoms with Gasteiger partial charge in [-0.1, -0.05) is 17.3 Å². The monoisotopic (exact) mass is 415 g/mol. The van der Waals surface area contributed by atoms with Crippen LogP contribution in [0.4, 0.5) is 18.9 Å². The van der Waals surface area contributed by atoms with Gasteiger partial charge in [-0.05, 0) is 35.9 Å². The van der Waals surface area contributed by atoms with Gasteiger partial charge in [0.25, 0.3) is 5.91 Å². The molecule has 0 aliphatic heterocycles. The fraction of sp³-hybridized carbons (Fsp3) is 0.150. The summed E-state index contributed by atoms with van der Waals surface area (Å²) >= 11 is 0. The Hall–Kier alpha value is -3.82. The van der Waals surface area contributed by atoms with E-state index in [-0.39, 0.29) is 12.3 Å². The number of hydrogen-bond donors (Lipinski definition) is 2. The van der Waals surface area contributed by atoms with Gasteiger partial charge in [-0.3, -0.25) is 9.48 Å². The molecule has 0 aliphatic carbocycles. The van der Waals surface area contributed by atoms with E-state index in [0.29, 0.717) is 17.0 Å². The lowest BCUT2D eigenvalue weighted by molar-refractivity contribution is -0.137. The summed E-state index contributed by atoms with van der Waals surface area (Å²) in [7, 11) is 1.66. The molecular formula is C20H16F3N5O2. The number of carbonyl (C=O) groups is 1. The Morgan fingerprint density at radius 2 is 1.97 bits per heavy atom. The predicted octanol–water partition coefficient (Wildman–Crippen LogP) is 4.15. The van der Waals surface area contributed by atoms with Crippen molar-refractivity contribution < 1.29 is 22.7 Å². The number of anilines is 1. The normalized spacial score (nSPS) is 11.6. The molecule has 0 unspecified atom stereocenters. The van der Waals surface area contributed by atoms with Crippen LogP contribution in [-0.2, 0) is 19.8 Å². The molecule has 2 heterocycles. The summed E-state index contributed by atoms with van der Waals surface area (Å²) in [6.07, 6.45) is -1.22. The molecule has 2 aromatic carbocycles. The van der Waals surface area contributed by atoms with Crippen LogP contribution >= 0.6 is 0 Å². The number of amides is 1. The van der Waals surface area contributed by atoms with Gasteiger partial charge in [-0.2, -0.15) is 13.2 Å². The smallest absolute Gasteiger partial charge is 0.416 e. The van der Waals surface area contributed by atoms with Crippen LogP contribution in [0.25, 0.3) is 10.9 Å². The molecule has 1 amide bonds. The predicted molar refractivity (Wildman–Crippen MR) is 103 cm³/mol. The van der Waals surface area contributed by atoms with Gasteiger partial charge in [-0.25, -0.2) is 0 Å². The van der Waals surface area contributed by atoms with Crippen LogP contribution in [0.5, 0.6) is 5.75 Å². The van der Waals surface area contributed by atoms with Gasteiger partial charge in [-0.15, -0.1) is 5.10 Å². The minimum Gasteiger partial charge on any atom is -0.489 e. The first-order valence-corrected chi connectivity index (χ1v) is 8.87. The van der Waals surface area contributed by atoms with E-state index in [2.05, 4.69) is 20.6 Å². The minimum absolute atomic E-state index is 0.107. The molecule has 154 valence electrons. The van der Waals surface area contributed by atoms with Crippen molar-refractivity contribution in [3.63, 3.8) is 0 Å². The molecule has 7 nitrogen and oxygen atoms in total. The molecule has 0 saturated carbocycles. The maximum atomic E-state index is 12.7. The Labute approximate surface area is 168 Å². The fourth-order valence-corrected chi connectivity index (χ4v) is 2.89. The second-order valence-electron chi connectivity index (χ2n) is 6.62. The number of rotatable bonds is 5. The summed E-state index contributed by atoms with van der Waals surface area (Å²) in [5, 5.41) is 11.0. The molecule has 2 N–H and O–H groups in total. The Bertz CT molecular complexity index is 1200. The molecule has 0 bridgehead atoms. The summed E-state index contributed by atoms with van der Waals surface area (Å²) in [6, 6.07) is 10.1. The van der Waals surface area contributed by atoms with E-state index in [1.807, 2.05) is 0 Å². The zero-order chi connectivity index (χ0) is 21.3. The quantitative estimate of drug-likeness (QED) is 0.513. The lowest BCUT2D eigenvalue weighted by Crippen LogP contribution is -2.12. The molecule has 0 aliphatic rings. The number of carbonyl (C=O) groups excluding carboxylic acids is 1. The highest BCUT2D eigenvalue weighted by atomic mass is 19.4. The Balaban J connectivity index is 1.48. The zero-order valence-corrected chi connectivity index (χ0v) is 15.7. The molecule has 0 radical (unpaired) electrons. The molecule has 0 atom stereocenters. The van der Waals surface area contributed by atoms with E-state index >= 15 is 0 Å². The number of aromatic amines is 1. The van der Waals surface area contributed by atoms with Crippen molar-refractivity contribution in [3.05, 3.63) is 71.7 Å². The lowest BCUT2D eigenvalue weighted by atomic mass is 10.1. The summed E-state index contributed by atoms with van der Waals surface area (Å²) in [6.45, 7) is 0.107. The van der Waals surface area contributed by atoms with Crippen molar-refractivity contribution in [2.24, 2.45) is 7.05 Å². The number of ether oxygens (including phenoxy) is 1. The van der Waals surface area contributed by atoms with Gasteiger partial charge in [0.1, 0.15) is 12.4 Å². The summed E-state index contributed by atoms with van der Waals surface area (Å²) in [5.74, 6) is 0.108. The van der Waals surface area contributed by atoms with Gasteiger partial charge >= 0.3 is 6.18 Å². The van der Waals surface area contributed by atoms with Crippen molar-refractivity contribution in [1.82, 2.24) is 20.0 Å². The van der Waals surface area contributed by atoms with E-state index in [9.17, 15) is 18.0 Å². The largest absolute Gasteiger partial charge is 0.489 e. The Kier molecular flexibility index (Phi) is 4.90. The fourth-order valence-electron chi connectivity index (χ4n) is 2.89. The summed E-state index contributed by atoms with van der Waals surface area (Å²) < 4.78 is 45.1. The number of nitrogens with zero attached hydrogens (tertiary/aromatic N) is 3. The second-order valence-corrected chi connectivity index (χ2v) is 6.62. The highest BCUT2D eigenvalue weighted by Gasteiger charge is 2.29. The van der Waals surface area contributed by atoms with E-state index in [1.165, 1.54) is 23.0 Å². The third-order valence-corrected chi connectivity index (χ3v) is 4.42. The molecule has 4 aromatic rings. The number of benzene rings is 2. The van der Waals surface area contributed by atoms with E-state index < -0.39 is 17.6 Å². The third-order valence-electron chi connectivity index (χ3n) is 4.42. The molecule has 2 aromatic heterocycles. The maximum absolute atomic E-state index is 12.7. The SMILES string of the molecule is Cn1cc(C(=O)Nc2c[nH]c3ccc(OCc4ccc(C(F)(F)F)cc4)cc23)nn1. The zero-order valence-electron chi connectivity index (χ0n) is 15.7.